The fourth-order valence-electron chi connectivity index (χ4n) is 8.56. The fourth-order valence-corrected chi connectivity index (χ4v) is 8.56. The third-order valence-corrected chi connectivity index (χ3v) is 11.2. The van der Waals surface area contributed by atoms with Crippen molar-refractivity contribution in [3.05, 3.63) is 206 Å². The Hall–Kier alpha value is -7.42. The molecule has 0 spiro atoms. The van der Waals surface area contributed by atoms with Crippen LogP contribution in [-0.2, 0) is 0 Å². The summed E-state index contributed by atoms with van der Waals surface area (Å²) in [6, 6.07) is 74.1. The van der Waals surface area contributed by atoms with E-state index in [0.29, 0.717) is 5.82 Å². The number of nitrogens with zero attached hydrogens (tertiary/aromatic N) is 2. The predicted molar refractivity (Wildman–Crippen MR) is 237 cm³/mol. The third-order valence-electron chi connectivity index (χ3n) is 11.2. The van der Waals surface area contributed by atoms with E-state index in [1.165, 1.54) is 65.0 Å². The van der Waals surface area contributed by atoms with Crippen LogP contribution in [0.2, 0.25) is 0 Å². The minimum absolute atomic E-state index is 0.707. The van der Waals surface area contributed by atoms with E-state index < -0.39 is 0 Å². The molecule has 10 aromatic carbocycles. The van der Waals surface area contributed by atoms with Gasteiger partial charge in [0.15, 0.2) is 5.82 Å². The van der Waals surface area contributed by atoms with Gasteiger partial charge in [0.05, 0.1) is 11.4 Å². The maximum Gasteiger partial charge on any atom is 0.160 e. The molecule has 0 N–H and O–H groups in total. The Morgan fingerprint density at radius 2 is 0.786 bits per heavy atom. The first-order chi connectivity index (χ1) is 27.7. The molecular formula is C54H34N2. The number of aromatic nitrogens is 2. The first kappa shape index (κ1) is 32.0. The van der Waals surface area contributed by atoms with Crippen LogP contribution < -0.4 is 0 Å². The zero-order valence-electron chi connectivity index (χ0n) is 30.5. The fraction of sp³-hybridized carbons (Fsp3) is 0. The third kappa shape index (κ3) is 5.42. The van der Waals surface area contributed by atoms with Gasteiger partial charge in [-0.2, -0.15) is 0 Å². The highest BCUT2D eigenvalue weighted by molar-refractivity contribution is 6.20. The Morgan fingerprint density at radius 3 is 1.55 bits per heavy atom. The monoisotopic (exact) mass is 710 g/mol. The standard InChI is InChI=1S/C54H34N2/c1-2-15-36(16-3-1)54-55-51(34-52(56-54)50-33-39-17-5-8-24-44(39)46-26-10-11-27-47(46)50)41-21-12-19-37(30-41)38-20-13-22-42(31-38)53-45-25-9-6-18-40(45)32-49-43-23-7-4-14-35(43)28-29-48(49)53/h1-34H. The van der Waals surface area contributed by atoms with Gasteiger partial charge in [-0.15, -0.1) is 0 Å². The largest absolute Gasteiger partial charge is 0.228 e. The molecule has 0 aliphatic carbocycles. The second-order valence-electron chi connectivity index (χ2n) is 14.5. The van der Waals surface area contributed by atoms with Crippen molar-refractivity contribution in [3.63, 3.8) is 0 Å². The first-order valence-corrected chi connectivity index (χ1v) is 19.1. The van der Waals surface area contributed by atoms with Crippen LogP contribution in [0.25, 0.3) is 110 Å². The highest BCUT2D eigenvalue weighted by Crippen LogP contribution is 2.41. The van der Waals surface area contributed by atoms with E-state index in [0.717, 1.165) is 39.2 Å². The summed E-state index contributed by atoms with van der Waals surface area (Å²) in [6.07, 6.45) is 0. The number of benzene rings is 10. The van der Waals surface area contributed by atoms with Crippen LogP contribution in [0, 0.1) is 0 Å². The lowest BCUT2D eigenvalue weighted by Gasteiger charge is -2.15. The van der Waals surface area contributed by atoms with Crippen molar-refractivity contribution in [2.24, 2.45) is 0 Å². The molecule has 0 unspecified atom stereocenters. The Labute approximate surface area is 325 Å². The molecule has 2 nitrogen and oxygen atoms in total. The highest BCUT2D eigenvalue weighted by atomic mass is 14.9. The molecule has 1 aromatic heterocycles. The number of hydrogen-bond acceptors (Lipinski definition) is 2. The Bertz CT molecular complexity index is 3310. The summed E-state index contributed by atoms with van der Waals surface area (Å²) in [5, 5.41) is 12.4. The molecule has 260 valence electrons. The molecule has 0 aliphatic rings. The topological polar surface area (TPSA) is 25.8 Å². The lowest BCUT2D eigenvalue weighted by Crippen LogP contribution is -1.97. The number of hydrogen-bond donors (Lipinski definition) is 0. The summed E-state index contributed by atoms with van der Waals surface area (Å²) in [4.78, 5) is 10.5. The van der Waals surface area contributed by atoms with Crippen LogP contribution in [0.4, 0.5) is 0 Å². The van der Waals surface area contributed by atoms with Crippen LogP contribution >= 0.6 is 0 Å². The minimum atomic E-state index is 0.707. The second-order valence-corrected chi connectivity index (χ2v) is 14.5. The van der Waals surface area contributed by atoms with Crippen molar-refractivity contribution in [1.29, 1.82) is 0 Å². The molecule has 2 heteroatoms. The summed E-state index contributed by atoms with van der Waals surface area (Å²) < 4.78 is 0. The molecule has 0 bridgehead atoms. The van der Waals surface area contributed by atoms with Crippen molar-refractivity contribution in [3.8, 4) is 56.2 Å². The smallest absolute Gasteiger partial charge is 0.160 e. The van der Waals surface area contributed by atoms with Gasteiger partial charge >= 0.3 is 0 Å². The normalized spacial score (nSPS) is 11.6. The summed E-state index contributed by atoms with van der Waals surface area (Å²) in [6.45, 7) is 0. The average molecular weight is 711 g/mol. The molecule has 0 radical (unpaired) electrons. The molecule has 0 amide bonds. The summed E-state index contributed by atoms with van der Waals surface area (Å²) in [7, 11) is 0. The molecule has 11 aromatic rings. The predicted octanol–water partition coefficient (Wildman–Crippen LogP) is 14.6. The highest BCUT2D eigenvalue weighted by Gasteiger charge is 2.16. The van der Waals surface area contributed by atoms with Crippen LogP contribution in [0.1, 0.15) is 0 Å². The summed E-state index contributed by atoms with van der Waals surface area (Å²) in [5.74, 6) is 0.707. The van der Waals surface area contributed by atoms with E-state index in [1.54, 1.807) is 0 Å². The van der Waals surface area contributed by atoms with E-state index in [2.05, 4.69) is 188 Å². The molecule has 56 heavy (non-hydrogen) atoms. The van der Waals surface area contributed by atoms with Gasteiger partial charge in [0.25, 0.3) is 0 Å². The Morgan fingerprint density at radius 1 is 0.250 bits per heavy atom. The van der Waals surface area contributed by atoms with Crippen molar-refractivity contribution in [2.45, 2.75) is 0 Å². The van der Waals surface area contributed by atoms with Gasteiger partial charge < -0.3 is 0 Å². The maximum atomic E-state index is 5.24. The average Bonchev–Trinajstić information content (AvgIpc) is 3.28. The van der Waals surface area contributed by atoms with E-state index >= 15 is 0 Å². The maximum absolute atomic E-state index is 5.24. The summed E-state index contributed by atoms with van der Waals surface area (Å²) >= 11 is 0. The molecule has 0 fully saturated rings. The molecule has 1 heterocycles. The first-order valence-electron chi connectivity index (χ1n) is 19.1. The van der Waals surface area contributed by atoms with E-state index in [9.17, 15) is 0 Å². The number of fused-ring (bicyclic) bond motifs is 7. The van der Waals surface area contributed by atoms with Gasteiger partial charge in [0.2, 0.25) is 0 Å². The van der Waals surface area contributed by atoms with Crippen molar-refractivity contribution in [2.75, 3.05) is 0 Å². The lowest BCUT2D eigenvalue weighted by atomic mass is 9.88. The van der Waals surface area contributed by atoms with Gasteiger partial charge in [-0.05, 0) is 106 Å². The van der Waals surface area contributed by atoms with Crippen molar-refractivity contribution < 1.29 is 0 Å². The zero-order chi connectivity index (χ0) is 37.0. The van der Waals surface area contributed by atoms with Gasteiger partial charge in [-0.1, -0.05) is 176 Å². The Balaban J connectivity index is 1.08. The molecule has 0 saturated carbocycles. The number of rotatable bonds is 5. The van der Waals surface area contributed by atoms with E-state index in [4.69, 9.17) is 9.97 Å². The van der Waals surface area contributed by atoms with Gasteiger partial charge in [0, 0.05) is 16.7 Å². The van der Waals surface area contributed by atoms with Crippen molar-refractivity contribution >= 4 is 53.9 Å². The molecular weight excluding hydrogens is 677 g/mol. The summed E-state index contributed by atoms with van der Waals surface area (Å²) in [5.41, 5.74) is 9.66. The minimum Gasteiger partial charge on any atom is -0.228 e. The van der Waals surface area contributed by atoms with Crippen LogP contribution in [-0.4, -0.2) is 9.97 Å². The second kappa shape index (κ2) is 13.2. The van der Waals surface area contributed by atoms with Gasteiger partial charge in [0.1, 0.15) is 0 Å². The van der Waals surface area contributed by atoms with Crippen LogP contribution in [0.15, 0.2) is 206 Å². The zero-order valence-corrected chi connectivity index (χ0v) is 30.5. The SMILES string of the molecule is c1ccc(-c2nc(-c3cccc(-c4cccc(-c5c6ccccc6cc6c5ccc5ccccc56)c4)c3)cc(-c3cc4ccccc4c4ccccc34)n2)cc1. The molecule has 11 rings (SSSR count). The van der Waals surface area contributed by atoms with Gasteiger partial charge in [-0.25, -0.2) is 9.97 Å². The van der Waals surface area contributed by atoms with Gasteiger partial charge in [-0.3, -0.25) is 0 Å². The molecule has 0 aliphatic heterocycles. The van der Waals surface area contributed by atoms with E-state index in [-0.39, 0.29) is 0 Å². The molecule has 0 atom stereocenters. The Kier molecular flexibility index (Phi) is 7.53. The van der Waals surface area contributed by atoms with Crippen LogP contribution in [0.5, 0.6) is 0 Å². The lowest BCUT2D eigenvalue weighted by molar-refractivity contribution is 1.19. The van der Waals surface area contributed by atoms with Crippen LogP contribution in [0.3, 0.4) is 0 Å². The molecule has 0 saturated heterocycles. The van der Waals surface area contributed by atoms with Crippen molar-refractivity contribution in [1.82, 2.24) is 9.97 Å². The van der Waals surface area contributed by atoms with E-state index in [1.807, 2.05) is 18.2 Å². The quantitative estimate of drug-likeness (QED) is 0.131.